The molecular weight excluding hydrogens is 262 g/mol. The normalized spacial score (nSPS) is 10.4. The fourth-order valence-electron chi connectivity index (χ4n) is 2.01. The molecule has 0 bridgehead atoms. The van der Waals surface area contributed by atoms with E-state index in [9.17, 15) is 0 Å². The topological polar surface area (TPSA) is 47.0 Å². The third-order valence-electron chi connectivity index (χ3n) is 3.12. The highest BCUT2D eigenvalue weighted by molar-refractivity contribution is 5.38. The van der Waals surface area contributed by atoms with Crippen LogP contribution in [0.5, 0.6) is 5.88 Å². The summed E-state index contributed by atoms with van der Waals surface area (Å²) < 4.78 is 5.64. The van der Waals surface area contributed by atoms with Gasteiger partial charge in [0, 0.05) is 12.6 Å². The van der Waals surface area contributed by atoms with Crippen LogP contribution in [0.3, 0.4) is 0 Å². The summed E-state index contributed by atoms with van der Waals surface area (Å²) in [7, 11) is 0. The molecule has 0 aliphatic carbocycles. The summed E-state index contributed by atoms with van der Waals surface area (Å²) in [6.07, 6.45) is 3.13. The lowest BCUT2D eigenvalue weighted by Crippen LogP contribution is -2.08. The SMILES string of the molecule is CCCCOc1cc(NCCc2ccccc2)nc(C)n1. The number of nitrogens with one attached hydrogen (secondary N) is 1. The van der Waals surface area contributed by atoms with E-state index >= 15 is 0 Å². The van der Waals surface area contributed by atoms with E-state index < -0.39 is 0 Å². The summed E-state index contributed by atoms with van der Waals surface area (Å²) in [5.74, 6) is 2.20. The minimum absolute atomic E-state index is 0.651. The quantitative estimate of drug-likeness (QED) is 0.753. The summed E-state index contributed by atoms with van der Waals surface area (Å²) in [6.45, 7) is 5.57. The first kappa shape index (κ1) is 15.3. The molecule has 0 aliphatic rings. The zero-order valence-corrected chi connectivity index (χ0v) is 12.8. The number of unbranched alkanes of at least 4 members (excludes halogenated alkanes) is 1. The van der Waals surface area contributed by atoms with Gasteiger partial charge in [-0.05, 0) is 25.3 Å². The summed E-state index contributed by atoms with van der Waals surface area (Å²) in [4.78, 5) is 8.69. The molecule has 2 rings (SSSR count). The lowest BCUT2D eigenvalue weighted by Gasteiger charge is -2.09. The standard InChI is InChI=1S/C17H23N3O/c1-3-4-12-21-17-13-16(19-14(2)20-17)18-11-10-15-8-6-5-7-9-15/h5-9,13H,3-4,10-12H2,1-2H3,(H,18,19,20). The van der Waals surface area contributed by atoms with Crippen molar-refractivity contribution in [3.8, 4) is 5.88 Å². The summed E-state index contributed by atoms with van der Waals surface area (Å²) >= 11 is 0. The fraction of sp³-hybridized carbons (Fsp3) is 0.412. The zero-order valence-electron chi connectivity index (χ0n) is 12.8. The van der Waals surface area contributed by atoms with E-state index in [1.165, 1.54) is 5.56 Å². The van der Waals surface area contributed by atoms with Crippen LogP contribution < -0.4 is 10.1 Å². The second-order valence-electron chi connectivity index (χ2n) is 5.00. The maximum absolute atomic E-state index is 5.64. The molecule has 0 amide bonds. The minimum atomic E-state index is 0.651. The van der Waals surface area contributed by atoms with Gasteiger partial charge < -0.3 is 10.1 Å². The van der Waals surface area contributed by atoms with Gasteiger partial charge in [-0.1, -0.05) is 43.7 Å². The molecule has 112 valence electrons. The zero-order chi connectivity index (χ0) is 14.9. The van der Waals surface area contributed by atoms with Gasteiger partial charge >= 0.3 is 0 Å². The Balaban J connectivity index is 1.87. The van der Waals surface area contributed by atoms with E-state index in [0.29, 0.717) is 12.5 Å². The van der Waals surface area contributed by atoms with Gasteiger partial charge in [0.1, 0.15) is 11.6 Å². The molecule has 0 saturated carbocycles. The second kappa shape index (κ2) is 8.25. The van der Waals surface area contributed by atoms with Crippen LogP contribution in [-0.2, 0) is 6.42 Å². The number of rotatable bonds is 8. The van der Waals surface area contributed by atoms with Crippen molar-refractivity contribution < 1.29 is 4.74 Å². The second-order valence-corrected chi connectivity index (χ2v) is 5.00. The Kier molecular flexibility index (Phi) is 6.00. The van der Waals surface area contributed by atoms with Gasteiger partial charge in [0.25, 0.3) is 0 Å². The number of benzene rings is 1. The van der Waals surface area contributed by atoms with Crippen LogP contribution in [0.25, 0.3) is 0 Å². The Hall–Kier alpha value is -2.10. The van der Waals surface area contributed by atoms with Gasteiger partial charge in [-0.2, -0.15) is 4.98 Å². The van der Waals surface area contributed by atoms with E-state index in [2.05, 4.69) is 46.5 Å². The molecule has 0 radical (unpaired) electrons. The number of aromatic nitrogens is 2. The van der Waals surface area contributed by atoms with Crippen LogP contribution in [0.15, 0.2) is 36.4 Å². The van der Waals surface area contributed by atoms with E-state index in [0.717, 1.165) is 37.4 Å². The van der Waals surface area contributed by atoms with Crippen molar-refractivity contribution in [3.05, 3.63) is 47.8 Å². The van der Waals surface area contributed by atoms with Gasteiger partial charge in [-0.25, -0.2) is 4.98 Å². The fourth-order valence-corrected chi connectivity index (χ4v) is 2.01. The number of ether oxygens (including phenoxy) is 1. The lowest BCUT2D eigenvalue weighted by molar-refractivity contribution is 0.297. The molecule has 1 aromatic heterocycles. The van der Waals surface area contributed by atoms with Crippen molar-refractivity contribution in [1.82, 2.24) is 9.97 Å². The van der Waals surface area contributed by atoms with Crippen LogP contribution in [0.4, 0.5) is 5.82 Å². The molecule has 0 atom stereocenters. The average Bonchev–Trinajstić information content (AvgIpc) is 2.48. The van der Waals surface area contributed by atoms with E-state index in [4.69, 9.17) is 4.74 Å². The van der Waals surface area contributed by atoms with Gasteiger partial charge in [-0.3, -0.25) is 0 Å². The molecule has 21 heavy (non-hydrogen) atoms. The number of hydrogen-bond acceptors (Lipinski definition) is 4. The molecule has 4 nitrogen and oxygen atoms in total. The Bertz CT molecular complexity index is 543. The highest BCUT2D eigenvalue weighted by Crippen LogP contribution is 2.14. The van der Waals surface area contributed by atoms with Gasteiger partial charge in [0.2, 0.25) is 5.88 Å². The molecule has 0 aliphatic heterocycles. The number of anilines is 1. The predicted octanol–water partition coefficient (Wildman–Crippen LogP) is 3.62. The van der Waals surface area contributed by atoms with Gasteiger partial charge in [0.05, 0.1) is 6.61 Å². The smallest absolute Gasteiger partial charge is 0.218 e. The molecule has 2 aromatic rings. The van der Waals surface area contributed by atoms with E-state index in [1.807, 2.05) is 19.1 Å². The molecule has 0 spiro atoms. The first-order valence-corrected chi connectivity index (χ1v) is 7.54. The number of nitrogens with zero attached hydrogens (tertiary/aromatic N) is 2. The van der Waals surface area contributed by atoms with E-state index in [1.54, 1.807) is 0 Å². The maximum atomic E-state index is 5.64. The summed E-state index contributed by atoms with van der Waals surface area (Å²) in [5, 5.41) is 3.33. The largest absolute Gasteiger partial charge is 0.478 e. The molecule has 1 N–H and O–H groups in total. The molecular formula is C17H23N3O. The molecule has 4 heteroatoms. The van der Waals surface area contributed by atoms with Crippen molar-refractivity contribution in [3.63, 3.8) is 0 Å². The van der Waals surface area contributed by atoms with Crippen molar-refractivity contribution in [2.24, 2.45) is 0 Å². The molecule has 1 aromatic carbocycles. The predicted molar refractivity (Wildman–Crippen MR) is 85.8 cm³/mol. The average molecular weight is 285 g/mol. The molecule has 0 unspecified atom stereocenters. The van der Waals surface area contributed by atoms with Crippen molar-refractivity contribution in [2.45, 2.75) is 33.1 Å². The van der Waals surface area contributed by atoms with Gasteiger partial charge in [-0.15, -0.1) is 0 Å². The Morgan fingerprint density at radius 2 is 1.95 bits per heavy atom. The van der Waals surface area contributed by atoms with Crippen LogP contribution in [-0.4, -0.2) is 23.1 Å². The van der Waals surface area contributed by atoms with Gasteiger partial charge in [0.15, 0.2) is 0 Å². The molecule has 0 saturated heterocycles. The highest BCUT2D eigenvalue weighted by atomic mass is 16.5. The van der Waals surface area contributed by atoms with Crippen molar-refractivity contribution >= 4 is 5.82 Å². The first-order chi connectivity index (χ1) is 10.3. The third-order valence-corrected chi connectivity index (χ3v) is 3.12. The number of aryl methyl sites for hydroxylation is 1. The van der Waals surface area contributed by atoms with Crippen LogP contribution in [0.2, 0.25) is 0 Å². The Labute approximate surface area is 126 Å². The summed E-state index contributed by atoms with van der Waals surface area (Å²) in [6, 6.07) is 12.3. The van der Waals surface area contributed by atoms with Crippen LogP contribution >= 0.6 is 0 Å². The van der Waals surface area contributed by atoms with Crippen LogP contribution in [0, 0.1) is 6.92 Å². The monoisotopic (exact) mass is 285 g/mol. The Morgan fingerprint density at radius 3 is 2.71 bits per heavy atom. The van der Waals surface area contributed by atoms with Crippen molar-refractivity contribution in [1.29, 1.82) is 0 Å². The van der Waals surface area contributed by atoms with Crippen LogP contribution in [0.1, 0.15) is 31.2 Å². The lowest BCUT2D eigenvalue weighted by atomic mass is 10.1. The molecule has 0 fully saturated rings. The highest BCUT2D eigenvalue weighted by Gasteiger charge is 2.02. The minimum Gasteiger partial charge on any atom is -0.478 e. The third kappa shape index (κ3) is 5.42. The maximum Gasteiger partial charge on any atom is 0.218 e. The first-order valence-electron chi connectivity index (χ1n) is 7.54. The summed E-state index contributed by atoms with van der Waals surface area (Å²) in [5.41, 5.74) is 1.31. The molecule has 1 heterocycles. The van der Waals surface area contributed by atoms with E-state index in [-0.39, 0.29) is 0 Å². The Morgan fingerprint density at radius 1 is 1.14 bits per heavy atom. The van der Waals surface area contributed by atoms with Crippen molar-refractivity contribution in [2.75, 3.05) is 18.5 Å². The number of hydrogen-bond donors (Lipinski definition) is 1.